The number of hydrogen-bond acceptors (Lipinski definition) is 4. The Balaban J connectivity index is 1.81. The Kier molecular flexibility index (Phi) is 3.33. The Bertz CT molecular complexity index is 317. The molecule has 0 atom stereocenters. The molecule has 15 heavy (non-hydrogen) atoms. The fourth-order valence-corrected chi connectivity index (χ4v) is 2.56. The first-order valence-corrected chi connectivity index (χ1v) is 6.03. The molecule has 82 valence electrons. The molecule has 0 spiro atoms. The second-order valence-corrected chi connectivity index (χ2v) is 4.86. The predicted molar refractivity (Wildman–Crippen MR) is 59.3 cm³/mol. The molecule has 5 heteroatoms. The molecule has 1 saturated heterocycles. The zero-order valence-electron chi connectivity index (χ0n) is 8.56. The highest BCUT2D eigenvalue weighted by atomic mass is 32.1. The Morgan fingerprint density at radius 1 is 1.60 bits per heavy atom. The van der Waals surface area contributed by atoms with Crippen molar-refractivity contribution in [2.75, 3.05) is 13.1 Å². The molecule has 1 aromatic heterocycles. The number of nitrogens with zero attached hydrogens (tertiary/aromatic N) is 2. The summed E-state index contributed by atoms with van der Waals surface area (Å²) in [6, 6.07) is 0. The van der Waals surface area contributed by atoms with Gasteiger partial charge in [0.05, 0.1) is 6.54 Å². The summed E-state index contributed by atoms with van der Waals surface area (Å²) in [6.45, 7) is 2.81. The average molecular weight is 225 g/mol. The first-order chi connectivity index (χ1) is 7.25. The molecule has 0 unspecified atom stereocenters. The Morgan fingerprint density at radius 2 is 2.33 bits per heavy atom. The van der Waals surface area contributed by atoms with Crippen LogP contribution in [0, 0.1) is 5.92 Å². The second kappa shape index (κ2) is 4.72. The van der Waals surface area contributed by atoms with Crippen LogP contribution in [0.4, 0.5) is 0 Å². The van der Waals surface area contributed by atoms with Gasteiger partial charge in [0, 0.05) is 17.5 Å². The summed E-state index contributed by atoms with van der Waals surface area (Å²) < 4.78 is 0. The summed E-state index contributed by atoms with van der Waals surface area (Å²) >= 11 is 1.68. The monoisotopic (exact) mass is 225 g/mol. The highest BCUT2D eigenvalue weighted by Gasteiger charge is 2.23. The molecule has 1 amide bonds. The number of nitrogens with two attached hydrogens (primary N) is 1. The molecule has 2 N–H and O–H groups in total. The summed E-state index contributed by atoms with van der Waals surface area (Å²) in [6.07, 6.45) is 3.61. The van der Waals surface area contributed by atoms with Gasteiger partial charge in [0.2, 0.25) is 5.91 Å². The molecule has 1 aliphatic heterocycles. The standard InChI is InChI=1S/C10H15N3OS/c11-10(14)8-1-4-13(5-2-8)7-9-12-3-6-15-9/h3,6,8H,1-2,4-5,7H2,(H2,11,14). The van der Waals surface area contributed by atoms with Crippen molar-refractivity contribution in [3.8, 4) is 0 Å². The molecule has 0 saturated carbocycles. The van der Waals surface area contributed by atoms with Gasteiger partial charge < -0.3 is 5.73 Å². The lowest BCUT2D eigenvalue weighted by Crippen LogP contribution is -2.38. The maximum Gasteiger partial charge on any atom is 0.220 e. The third-order valence-electron chi connectivity index (χ3n) is 2.83. The fraction of sp³-hybridized carbons (Fsp3) is 0.600. The number of primary amides is 1. The van der Waals surface area contributed by atoms with E-state index in [1.165, 1.54) is 0 Å². The number of piperidine rings is 1. The molecule has 1 fully saturated rings. The molecule has 4 nitrogen and oxygen atoms in total. The molecule has 2 heterocycles. The van der Waals surface area contributed by atoms with E-state index in [1.54, 1.807) is 11.3 Å². The quantitative estimate of drug-likeness (QED) is 0.829. The van der Waals surface area contributed by atoms with Crippen LogP contribution in [0.3, 0.4) is 0 Å². The van der Waals surface area contributed by atoms with Crippen molar-refractivity contribution >= 4 is 17.2 Å². The number of thiazole rings is 1. The minimum absolute atomic E-state index is 0.0811. The Labute approximate surface area is 93.1 Å². The van der Waals surface area contributed by atoms with E-state index < -0.39 is 0 Å². The van der Waals surface area contributed by atoms with Crippen LogP contribution in [-0.2, 0) is 11.3 Å². The fourth-order valence-electron chi connectivity index (χ4n) is 1.90. The summed E-state index contributed by atoms with van der Waals surface area (Å²) in [4.78, 5) is 17.6. The van der Waals surface area contributed by atoms with Crippen molar-refractivity contribution < 1.29 is 4.79 Å². The second-order valence-electron chi connectivity index (χ2n) is 3.88. The molecule has 0 aromatic carbocycles. The molecule has 1 aliphatic rings. The van der Waals surface area contributed by atoms with Gasteiger partial charge in [-0.3, -0.25) is 9.69 Å². The van der Waals surface area contributed by atoms with E-state index in [-0.39, 0.29) is 11.8 Å². The number of rotatable bonds is 3. The molecule has 1 aromatic rings. The maximum absolute atomic E-state index is 11.0. The summed E-state index contributed by atoms with van der Waals surface area (Å²) in [7, 11) is 0. The van der Waals surface area contributed by atoms with Crippen LogP contribution >= 0.6 is 11.3 Å². The van der Waals surface area contributed by atoms with Crippen molar-refractivity contribution in [2.24, 2.45) is 11.7 Å². The summed E-state index contributed by atoms with van der Waals surface area (Å²) in [5, 5.41) is 3.14. The normalized spacial score (nSPS) is 19.2. The lowest BCUT2D eigenvalue weighted by atomic mass is 9.96. The van der Waals surface area contributed by atoms with Crippen LogP contribution in [-0.4, -0.2) is 28.9 Å². The van der Waals surface area contributed by atoms with E-state index in [1.807, 2.05) is 11.6 Å². The van der Waals surface area contributed by atoms with Crippen LogP contribution in [0.2, 0.25) is 0 Å². The minimum Gasteiger partial charge on any atom is -0.369 e. The van der Waals surface area contributed by atoms with E-state index >= 15 is 0 Å². The zero-order chi connectivity index (χ0) is 10.7. The van der Waals surface area contributed by atoms with E-state index in [4.69, 9.17) is 5.73 Å². The summed E-state index contributed by atoms with van der Waals surface area (Å²) in [5.41, 5.74) is 5.28. The Hall–Kier alpha value is -0.940. The number of amides is 1. The van der Waals surface area contributed by atoms with E-state index in [0.717, 1.165) is 37.5 Å². The van der Waals surface area contributed by atoms with Crippen LogP contribution < -0.4 is 5.73 Å². The zero-order valence-corrected chi connectivity index (χ0v) is 9.37. The SMILES string of the molecule is NC(=O)C1CCN(Cc2nccs2)CC1. The first-order valence-electron chi connectivity index (χ1n) is 5.16. The molecular formula is C10H15N3OS. The van der Waals surface area contributed by atoms with Gasteiger partial charge in [0.1, 0.15) is 5.01 Å². The van der Waals surface area contributed by atoms with Crippen LogP contribution in [0.25, 0.3) is 0 Å². The van der Waals surface area contributed by atoms with Crippen molar-refractivity contribution in [2.45, 2.75) is 19.4 Å². The third-order valence-corrected chi connectivity index (χ3v) is 3.60. The molecule has 0 aliphatic carbocycles. The van der Waals surface area contributed by atoms with Crippen molar-refractivity contribution in [3.05, 3.63) is 16.6 Å². The molecule has 0 bridgehead atoms. The van der Waals surface area contributed by atoms with Gasteiger partial charge in [0.15, 0.2) is 0 Å². The summed E-state index contributed by atoms with van der Waals surface area (Å²) in [5.74, 6) is -0.0681. The lowest BCUT2D eigenvalue weighted by molar-refractivity contribution is -0.123. The van der Waals surface area contributed by atoms with Crippen LogP contribution in [0.5, 0.6) is 0 Å². The van der Waals surface area contributed by atoms with Gasteiger partial charge >= 0.3 is 0 Å². The van der Waals surface area contributed by atoms with Crippen LogP contribution in [0.1, 0.15) is 17.8 Å². The van der Waals surface area contributed by atoms with Gasteiger partial charge in [0.25, 0.3) is 0 Å². The third kappa shape index (κ3) is 2.76. The van der Waals surface area contributed by atoms with Gasteiger partial charge in [-0.2, -0.15) is 0 Å². The number of aromatic nitrogens is 1. The number of carbonyl (C=O) groups is 1. The van der Waals surface area contributed by atoms with Gasteiger partial charge in [-0.05, 0) is 25.9 Å². The molecule has 2 rings (SSSR count). The topological polar surface area (TPSA) is 59.2 Å². The smallest absolute Gasteiger partial charge is 0.220 e. The minimum atomic E-state index is -0.149. The highest BCUT2D eigenvalue weighted by Crippen LogP contribution is 2.19. The lowest BCUT2D eigenvalue weighted by Gasteiger charge is -2.29. The van der Waals surface area contributed by atoms with Gasteiger partial charge in [-0.25, -0.2) is 4.98 Å². The van der Waals surface area contributed by atoms with Crippen molar-refractivity contribution in [1.82, 2.24) is 9.88 Å². The van der Waals surface area contributed by atoms with Crippen molar-refractivity contribution in [3.63, 3.8) is 0 Å². The number of likely N-dealkylation sites (tertiary alicyclic amines) is 1. The maximum atomic E-state index is 11.0. The first kappa shape index (κ1) is 10.6. The van der Waals surface area contributed by atoms with Gasteiger partial charge in [-0.1, -0.05) is 0 Å². The van der Waals surface area contributed by atoms with E-state index in [9.17, 15) is 4.79 Å². The van der Waals surface area contributed by atoms with Crippen LogP contribution in [0.15, 0.2) is 11.6 Å². The molecular weight excluding hydrogens is 210 g/mol. The largest absolute Gasteiger partial charge is 0.369 e. The predicted octanol–water partition coefficient (Wildman–Crippen LogP) is 0.840. The van der Waals surface area contributed by atoms with E-state index in [0.29, 0.717) is 0 Å². The number of hydrogen-bond donors (Lipinski definition) is 1. The van der Waals surface area contributed by atoms with Gasteiger partial charge in [-0.15, -0.1) is 11.3 Å². The Morgan fingerprint density at radius 3 is 2.87 bits per heavy atom. The average Bonchev–Trinajstić information content (AvgIpc) is 2.71. The highest BCUT2D eigenvalue weighted by molar-refractivity contribution is 7.09. The number of carbonyl (C=O) groups excluding carboxylic acids is 1. The van der Waals surface area contributed by atoms with E-state index in [2.05, 4.69) is 9.88 Å². The molecule has 0 radical (unpaired) electrons. The van der Waals surface area contributed by atoms with Crippen molar-refractivity contribution in [1.29, 1.82) is 0 Å².